The van der Waals surface area contributed by atoms with Crippen LogP contribution < -0.4 is 15.4 Å². The first-order chi connectivity index (χ1) is 14.6. The van der Waals surface area contributed by atoms with Gasteiger partial charge in [-0.15, -0.1) is 0 Å². The van der Waals surface area contributed by atoms with Crippen LogP contribution >= 0.6 is 0 Å². The summed E-state index contributed by atoms with van der Waals surface area (Å²) in [4.78, 5) is 29.8. The van der Waals surface area contributed by atoms with E-state index in [1.165, 1.54) is 0 Å². The summed E-state index contributed by atoms with van der Waals surface area (Å²) >= 11 is 0. The van der Waals surface area contributed by atoms with E-state index >= 15 is 0 Å². The Bertz CT molecular complexity index is 1100. The number of anilines is 1. The highest BCUT2D eigenvalue weighted by atomic mass is 16.5. The smallest absolute Gasteiger partial charge is 0.273 e. The van der Waals surface area contributed by atoms with E-state index in [4.69, 9.17) is 4.74 Å². The molecule has 3 aromatic rings. The van der Waals surface area contributed by atoms with Gasteiger partial charge in [-0.25, -0.2) is 4.98 Å². The molecule has 154 valence electrons. The summed E-state index contributed by atoms with van der Waals surface area (Å²) in [6.45, 7) is 3.05. The summed E-state index contributed by atoms with van der Waals surface area (Å²) in [5.41, 5.74) is 3.41. The molecule has 0 radical (unpaired) electrons. The number of hydrogen-bond acceptors (Lipinski definition) is 4. The fourth-order valence-corrected chi connectivity index (χ4v) is 3.65. The molecule has 0 spiro atoms. The molecule has 0 fully saturated rings. The predicted octanol–water partition coefficient (Wildman–Crippen LogP) is 3.33. The molecule has 1 aromatic heterocycles. The number of nitrogens with zero attached hydrogens (tertiary/aromatic N) is 2. The van der Waals surface area contributed by atoms with Crippen LogP contribution in [0.15, 0.2) is 48.7 Å². The second-order valence-corrected chi connectivity index (χ2v) is 7.29. The zero-order valence-corrected chi connectivity index (χ0v) is 17.1. The lowest BCUT2D eigenvalue weighted by Gasteiger charge is -2.12. The lowest BCUT2D eigenvalue weighted by Crippen LogP contribution is -2.23. The second-order valence-electron chi connectivity index (χ2n) is 7.29. The molecular weight excluding hydrogens is 380 g/mol. The van der Waals surface area contributed by atoms with Crippen molar-refractivity contribution in [2.24, 2.45) is 0 Å². The fraction of sp³-hybridized carbons (Fsp3) is 0.261. The molecule has 0 aliphatic carbocycles. The van der Waals surface area contributed by atoms with E-state index in [0.29, 0.717) is 23.5 Å². The van der Waals surface area contributed by atoms with E-state index in [1.807, 2.05) is 41.8 Å². The van der Waals surface area contributed by atoms with Gasteiger partial charge >= 0.3 is 0 Å². The van der Waals surface area contributed by atoms with E-state index in [-0.39, 0.29) is 11.8 Å². The highest BCUT2D eigenvalue weighted by Crippen LogP contribution is 2.21. The topological polar surface area (TPSA) is 85.2 Å². The number of para-hydroxylation sites is 1. The maximum atomic E-state index is 12.8. The standard InChI is InChI=1S/C23H24N4O3/c1-15-9-10-16(22(28)25-13-17-6-3-4-7-20(17)30-2)12-18(15)26-23(29)19-14-24-21-8-5-11-27(19)21/h3-4,6-7,9-10,12,14H,5,8,11,13H2,1-2H3,(H,25,28)(H,26,29). The third-order valence-electron chi connectivity index (χ3n) is 5.33. The number of nitrogens with one attached hydrogen (secondary N) is 2. The summed E-state index contributed by atoms with van der Waals surface area (Å²) in [5, 5.41) is 5.84. The molecule has 7 nitrogen and oxygen atoms in total. The number of imidazole rings is 1. The van der Waals surface area contributed by atoms with Crippen molar-refractivity contribution in [2.45, 2.75) is 32.9 Å². The lowest BCUT2D eigenvalue weighted by atomic mass is 10.1. The molecule has 0 saturated carbocycles. The highest BCUT2D eigenvalue weighted by molar-refractivity contribution is 6.04. The number of carbonyl (C=O) groups excluding carboxylic acids is 2. The van der Waals surface area contributed by atoms with Crippen molar-refractivity contribution in [1.29, 1.82) is 0 Å². The van der Waals surface area contributed by atoms with Gasteiger partial charge in [-0.1, -0.05) is 24.3 Å². The minimum absolute atomic E-state index is 0.217. The molecule has 30 heavy (non-hydrogen) atoms. The quantitative estimate of drug-likeness (QED) is 0.660. The molecule has 0 atom stereocenters. The van der Waals surface area contributed by atoms with Crippen molar-refractivity contribution in [2.75, 3.05) is 12.4 Å². The second kappa shape index (κ2) is 8.41. The van der Waals surface area contributed by atoms with Gasteiger partial charge in [0.25, 0.3) is 11.8 Å². The normalized spacial score (nSPS) is 12.3. The Balaban J connectivity index is 1.47. The molecule has 1 aliphatic rings. The zero-order chi connectivity index (χ0) is 21.1. The first kappa shape index (κ1) is 19.7. The van der Waals surface area contributed by atoms with Crippen LogP contribution in [0, 0.1) is 6.92 Å². The molecule has 4 rings (SSSR count). The van der Waals surface area contributed by atoms with E-state index in [9.17, 15) is 9.59 Å². The number of fused-ring (bicyclic) bond motifs is 1. The van der Waals surface area contributed by atoms with Crippen LogP contribution in [0.25, 0.3) is 0 Å². The maximum Gasteiger partial charge on any atom is 0.273 e. The summed E-state index contributed by atoms with van der Waals surface area (Å²) in [6, 6.07) is 12.8. The molecule has 1 aliphatic heterocycles. The first-order valence-electron chi connectivity index (χ1n) is 9.93. The van der Waals surface area contributed by atoms with Gasteiger partial charge in [-0.05, 0) is 37.1 Å². The monoisotopic (exact) mass is 404 g/mol. The van der Waals surface area contributed by atoms with E-state index in [1.54, 1.807) is 25.4 Å². The number of benzene rings is 2. The molecule has 0 bridgehead atoms. The van der Waals surface area contributed by atoms with Crippen LogP contribution in [0.1, 0.15) is 44.2 Å². The molecule has 2 amide bonds. The largest absolute Gasteiger partial charge is 0.496 e. The Morgan fingerprint density at radius 2 is 2.00 bits per heavy atom. The molecule has 0 unspecified atom stereocenters. The third kappa shape index (κ3) is 3.91. The number of carbonyl (C=O) groups is 2. The van der Waals surface area contributed by atoms with Crippen LogP contribution in [-0.4, -0.2) is 28.5 Å². The predicted molar refractivity (Wildman–Crippen MR) is 114 cm³/mol. The summed E-state index contributed by atoms with van der Waals surface area (Å²) in [7, 11) is 1.60. The number of methoxy groups -OCH3 is 1. The van der Waals surface area contributed by atoms with Crippen LogP contribution in [0.3, 0.4) is 0 Å². The molecule has 2 heterocycles. The van der Waals surface area contributed by atoms with Gasteiger partial charge in [0.2, 0.25) is 0 Å². The van der Waals surface area contributed by atoms with Crippen molar-refractivity contribution in [3.8, 4) is 5.75 Å². The molecule has 2 aromatic carbocycles. The van der Waals surface area contributed by atoms with Crippen molar-refractivity contribution < 1.29 is 14.3 Å². The van der Waals surface area contributed by atoms with Gasteiger partial charge in [-0.2, -0.15) is 0 Å². The Kier molecular flexibility index (Phi) is 5.52. The lowest BCUT2D eigenvalue weighted by molar-refractivity contribution is 0.0949. The van der Waals surface area contributed by atoms with Crippen molar-refractivity contribution in [3.05, 3.63) is 76.9 Å². The minimum Gasteiger partial charge on any atom is -0.496 e. The Labute approximate surface area is 175 Å². The molecular formula is C23H24N4O3. The van der Waals surface area contributed by atoms with Gasteiger partial charge in [0.1, 0.15) is 17.3 Å². The summed E-state index contributed by atoms with van der Waals surface area (Å²) in [5.74, 6) is 1.23. The summed E-state index contributed by atoms with van der Waals surface area (Å²) < 4.78 is 7.28. The van der Waals surface area contributed by atoms with Gasteiger partial charge in [0, 0.05) is 36.3 Å². The van der Waals surface area contributed by atoms with Gasteiger partial charge < -0.3 is 19.9 Å². The number of aromatic nitrogens is 2. The average Bonchev–Trinajstić information content (AvgIpc) is 3.37. The van der Waals surface area contributed by atoms with Crippen LogP contribution in [0.4, 0.5) is 5.69 Å². The van der Waals surface area contributed by atoms with Gasteiger partial charge in [0.15, 0.2) is 0 Å². The molecule has 7 heteroatoms. The Morgan fingerprint density at radius 3 is 2.83 bits per heavy atom. The maximum absolute atomic E-state index is 12.8. The minimum atomic E-state index is -0.221. The number of rotatable bonds is 6. The zero-order valence-electron chi connectivity index (χ0n) is 17.1. The number of hydrogen-bond donors (Lipinski definition) is 2. The van der Waals surface area contributed by atoms with Gasteiger partial charge in [-0.3, -0.25) is 9.59 Å². The molecule has 2 N–H and O–H groups in total. The fourth-order valence-electron chi connectivity index (χ4n) is 3.65. The van der Waals surface area contributed by atoms with Crippen LogP contribution in [0.5, 0.6) is 5.75 Å². The highest BCUT2D eigenvalue weighted by Gasteiger charge is 2.21. The average molecular weight is 404 g/mol. The van der Waals surface area contributed by atoms with Crippen molar-refractivity contribution in [1.82, 2.24) is 14.9 Å². The van der Waals surface area contributed by atoms with E-state index in [0.717, 1.165) is 42.1 Å². The first-order valence-corrected chi connectivity index (χ1v) is 9.93. The SMILES string of the molecule is COc1ccccc1CNC(=O)c1ccc(C)c(NC(=O)c2cnc3n2CCC3)c1. The van der Waals surface area contributed by atoms with Gasteiger partial charge in [0.05, 0.1) is 13.3 Å². The number of aryl methyl sites for hydroxylation is 2. The number of amides is 2. The van der Waals surface area contributed by atoms with E-state index < -0.39 is 0 Å². The Hall–Kier alpha value is -3.61. The van der Waals surface area contributed by atoms with E-state index in [2.05, 4.69) is 15.6 Å². The summed E-state index contributed by atoms with van der Waals surface area (Å²) in [6.07, 6.45) is 3.52. The van der Waals surface area contributed by atoms with Crippen LogP contribution in [-0.2, 0) is 19.5 Å². The molecule has 0 saturated heterocycles. The third-order valence-corrected chi connectivity index (χ3v) is 5.33. The van der Waals surface area contributed by atoms with Crippen molar-refractivity contribution in [3.63, 3.8) is 0 Å². The van der Waals surface area contributed by atoms with Crippen LogP contribution in [0.2, 0.25) is 0 Å². The number of ether oxygens (including phenoxy) is 1. The Morgan fingerprint density at radius 1 is 1.17 bits per heavy atom. The van der Waals surface area contributed by atoms with Crippen molar-refractivity contribution >= 4 is 17.5 Å².